The van der Waals surface area contributed by atoms with E-state index in [0.29, 0.717) is 5.52 Å². The van der Waals surface area contributed by atoms with Gasteiger partial charge in [0.25, 0.3) is 5.56 Å². The van der Waals surface area contributed by atoms with E-state index in [-0.39, 0.29) is 5.56 Å². The Bertz CT molecular complexity index is 529. The smallest absolute Gasteiger partial charge is 0.276 e. The zero-order valence-corrected chi connectivity index (χ0v) is 10.1. The second-order valence-electron chi connectivity index (χ2n) is 4.02. The van der Waals surface area contributed by atoms with Gasteiger partial charge in [0.05, 0.1) is 6.20 Å². The van der Waals surface area contributed by atoms with Crippen LogP contribution in [0.3, 0.4) is 0 Å². The van der Waals surface area contributed by atoms with Crippen molar-refractivity contribution in [3.63, 3.8) is 0 Å². The molecule has 2 aromatic rings. The molecule has 17 heavy (non-hydrogen) atoms. The fraction of sp³-hybridized carbons (Fsp3) is 0.500. The monoisotopic (exact) mass is 234 g/mol. The van der Waals surface area contributed by atoms with Gasteiger partial charge in [0.2, 0.25) is 0 Å². The summed E-state index contributed by atoms with van der Waals surface area (Å²) in [4.78, 5) is 12.0. The van der Waals surface area contributed by atoms with Crippen molar-refractivity contribution in [1.29, 1.82) is 0 Å². The van der Waals surface area contributed by atoms with Crippen LogP contribution in [0, 0.1) is 0 Å². The lowest BCUT2D eigenvalue weighted by molar-refractivity contribution is 0.565. The molecule has 0 aliphatic heterocycles. The number of aryl methyl sites for hydroxylation is 1. The molecule has 0 radical (unpaired) electrons. The van der Waals surface area contributed by atoms with Crippen molar-refractivity contribution in [2.75, 3.05) is 13.1 Å². The Labute approximate surface area is 100 Å². The maximum atomic E-state index is 12.0. The van der Waals surface area contributed by atoms with Gasteiger partial charge in [-0.2, -0.15) is 5.10 Å². The van der Waals surface area contributed by atoms with E-state index in [9.17, 15) is 4.79 Å². The first-order chi connectivity index (χ1) is 8.33. The number of fused-ring (bicyclic) bond motifs is 1. The molecule has 0 unspecified atom stereocenters. The fourth-order valence-electron chi connectivity index (χ4n) is 1.85. The Morgan fingerprint density at radius 3 is 3.06 bits per heavy atom. The second-order valence-corrected chi connectivity index (χ2v) is 4.02. The van der Waals surface area contributed by atoms with Crippen molar-refractivity contribution in [3.05, 3.63) is 35.0 Å². The van der Waals surface area contributed by atoms with Gasteiger partial charge in [-0.3, -0.25) is 4.79 Å². The molecule has 0 spiro atoms. The molecule has 0 atom stereocenters. The fourth-order valence-corrected chi connectivity index (χ4v) is 1.85. The Morgan fingerprint density at radius 2 is 2.24 bits per heavy atom. The summed E-state index contributed by atoms with van der Waals surface area (Å²) in [5.41, 5.74) is 0.674. The quantitative estimate of drug-likeness (QED) is 0.755. The summed E-state index contributed by atoms with van der Waals surface area (Å²) in [5.74, 6) is 0. The van der Waals surface area contributed by atoms with Crippen molar-refractivity contribution in [3.8, 4) is 0 Å². The summed E-state index contributed by atoms with van der Waals surface area (Å²) in [7, 11) is 0. The first-order valence-corrected chi connectivity index (χ1v) is 6.06. The molecule has 0 amide bonds. The highest BCUT2D eigenvalue weighted by Crippen LogP contribution is 1.97. The van der Waals surface area contributed by atoms with Crippen LogP contribution < -0.4 is 10.9 Å². The van der Waals surface area contributed by atoms with Crippen molar-refractivity contribution in [2.24, 2.45) is 0 Å². The minimum Gasteiger partial charge on any atom is -0.317 e. The summed E-state index contributed by atoms with van der Waals surface area (Å²) < 4.78 is 3.36. The molecule has 0 bridgehead atoms. The third kappa shape index (κ3) is 2.74. The Balaban J connectivity index is 1.99. The van der Waals surface area contributed by atoms with Crippen molar-refractivity contribution < 1.29 is 0 Å². The molecular weight excluding hydrogens is 216 g/mol. The molecule has 0 saturated heterocycles. The van der Waals surface area contributed by atoms with Crippen LogP contribution in [0.15, 0.2) is 29.5 Å². The van der Waals surface area contributed by atoms with E-state index in [1.165, 1.54) is 0 Å². The SMILES string of the molecule is CCNCCCCn1ccn2nccc2c1=O. The van der Waals surface area contributed by atoms with Crippen LogP contribution >= 0.6 is 0 Å². The Kier molecular flexibility index (Phi) is 3.93. The Morgan fingerprint density at radius 1 is 1.35 bits per heavy atom. The van der Waals surface area contributed by atoms with Gasteiger partial charge in [-0.1, -0.05) is 6.92 Å². The van der Waals surface area contributed by atoms with E-state index in [0.717, 1.165) is 32.5 Å². The zero-order valence-electron chi connectivity index (χ0n) is 10.1. The van der Waals surface area contributed by atoms with E-state index in [4.69, 9.17) is 0 Å². The Hall–Kier alpha value is -1.62. The molecule has 2 rings (SSSR count). The second kappa shape index (κ2) is 5.63. The van der Waals surface area contributed by atoms with E-state index < -0.39 is 0 Å². The molecule has 5 heteroatoms. The number of nitrogens with zero attached hydrogens (tertiary/aromatic N) is 3. The average molecular weight is 234 g/mol. The van der Waals surface area contributed by atoms with Crippen LogP contribution in [-0.4, -0.2) is 27.3 Å². The minimum atomic E-state index is 0.0356. The summed E-state index contributed by atoms with van der Waals surface area (Å²) in [6, 6.07) is 1.75. The van der Waals surface area contributed by atoms with Gasteiger partial charge in [0.15, 0.2) is 0 Å². The first-order valence-electron chi connectivity index (χ1n) is 6.06. The molecular formula is C12H18N4O. The molecule has 2 heterocycles. The molecule has 0 saturated carbocycles. The summed E-state index contributed by atoms with van der Waals surface area (Å²) >= 11 is 0. The maximum Gasteiger partial charge on any atom is 0.276 e. The van der Waals surface area contributed by atoms with Crippen LogP contribution in [0.2, 0.25) is 0 Å². The topological polar surface area (TPSA) is 51.3 Å². The summed E-state index contributed by atoms with van der Waals surface area (Å²) in [6.07, 6.45) is 7.37. The predicted molar refractivity (Wildman–Crippen MR) is 67.2 cm³/mol. The largest absolute Gasteiger partial charge is 0.317 e. The lowest BCUT2D eigenvalue weighted by atomic mass is 10.3. The van der Waals surface area contributed by atoms with E-state index in [1.807, 2.05) is 6.20 Å². The molecule has 0 fully saturated rings. The average Bonchev–Trinajstić information content (AvgIpc) is 2.80. The standard InChI is InChI=1S/C12H18N4O/c1-2-13-6-3-4-8-15-9-10-16-11(12(15)17)5-7-14-16/h5,7,9-10,13H,2-4,6,8H2,1H3. The van der Waals surface area contributed by atoms with Crippen LogP contribution in [0.25, 0.3) is 5.52 Å². The van der Waals surface area contributed by atoms with Crippen molar-refractivity contribution >= 4 is 5.52 Å². The van der Waals surface area contributed by atoms with Gasteiger partial charge in [-0.25, -0.2) is 4.52 Å². The molecule has 0 aliphatic carbocycles. The third-order valence-corrected chi connectivity index (χ3v) is 2.79. The van der Waals surface area contributed by atoms with Gasteiger partial charge >= 0.3 is 0 Å². The molecule has 5 nitrogen and oxygen atoms in total. The number of rotatable bonds is 6. The number of hydrogen-bond donors (Lipinski definition) is 1. The van der Waals surface area contributed by atoms with Gasteiger partial charge in [0.1, 0.15) is 5.52 Å². The van der Waals surface area contributed by atoms with Crippen LogP contribution in [-0.2, 0) is 6.54 Å². The molecule has 92 valence electrons. The van der Waals surface area contributed by atoms with E-state index >= 15 is 0 Å². The summed E-state index contributed by atoms with van der Waals surface area (Å²) in [5, 5.41) is 7.31. The first kappa shape index (κ1) is 11.9. The number of aromatic nitrogens is 3. The van der Waals surface area contributed by atoms with Gasteiger partial charge in [-0.05, 0) is 32.0 Å². The molecule has 0 aromatic carbocycles. The van der Waals surface area contributed by atoms with Gasteiger partial charge in [-0.15, -0.1) is 0 Å². The highest BCUT2D eigenvalue weighted by Gasteiger charge is 2.02. The predicted octanol–water partition coefficient (Wildman–Crippen LogP) is 0.886. The van der Waals surface area contributed by atoms with E-state index in [2.05, 4.69) is 17.3 Å². The number of unbranched alkanes of at least 4 members (excludes halogenated alkanes) is 1. The van der Waals surface area contributed by atoms with Crippen molar-refractivity contribution in [2.45, 2.75) is 26.3 Å². The van der Waals surface area contributed by atoms with Gasteiger partial charge in [0, 0.05) is 18.9 Å². The lowest BCUT2D eigenvalue weighted by Crippen LogP contribution is -2.22. The van der Waals surface area contributed by atoms with E-state index in [1.54, 1.807) is 27.5 Å². The third-order valence-electron chi connectivity index (χ3n) is 2.79. The van der Waals surface area contributed by atoms with Crippen molar-refractivity contribution in [1.82, 2.24) is 19.5 Å². The number of hydrogen-bond acceptors (Lipinski definition) is 3. The normalized spacial score (nSPS) is 11.1. The summed E-state index contributed by atoms with van der Waals surface area (Å²) in [6.45, 7) is 4.88. The minimum absolute atomic E-state index is 0.0356. The molecule has 0 aliphatic rings. The van der Waals surface area contributed by atoms with Crippen LogP contribution in [0.1, 0.15) is 19.8 Å². The van der Waals surface area contributed by atoms with Crippen LogP contribution in [0.5, 0.6) is 0 Å². The molecule has 1 N–H and O–H groups in total. The number of nitrogens with one attached hydrogen (secondary N) is 1. The maximum absolute atomic E-state index is 12.0. The zero-order chi connectivity index (χ0) is 12.1. The lowest BCUT2D eigenvalue weighted by Gasteiger charge is -2.06. The highest BCUT2D eigenvalue weighted by atomic mass is 16.1. The van der Waals surface area contributed by atoms with Gasteiger partial charge < -0.3 is 9.88 Å². The highest BCUT2D eigenvalue weighted by molar-refractivity contribution is 5.42. The van der Waals surface area contributed by atoms with Crippen LogP contribution in [0.4, 0.5) is 0 Å². The molecule has 2 aromatic heterocycles.